The van der Waals surface area contributed by atoms with Crippen molar-refractivity contribution in [2.45, 2.75) is 12.8 Å². The van der Waals surface area contributed by atoms with Crippen LogP contribution in [0.4, 0.5) is 0 Å². The first kappa shape index (κ1) is 15.7. The number of aryl methyl sites for hydroxylation is 1. The molecule has 0 radical (unpaired) electrons. The molecule has 0 heterocycles. The topological polar surface area (TPSA) is 18.5 Å². The van der Waals surface area contributed by atoms with E-state index in [2.05, 4.69) is 17.8 Å². The van der Waals surface area contributed by atoms with Crippen LogP contribution in [-0.2, 0) is 4.74 Å². The van der Waals surface area contributed by atoms with E-state index in [1.807, 2.05) is 55.5 Å². The third kappa shape index (κ3) is 4.42. The molecular formula is C20H18O2. The molecule has 0 spiro atoms. The molecule has 2 nitrogen and oxygen atoms in total. The fourth-order valence-electron chi connectivity index (χ4n) is 1.90. The summed E-state index contributed by atoms with van der Waals surface area (Å²) in [5.41, 5.74) is 3.15. The first-order chi connectivity index (χ1) is 10.7. The van der Waals surface area contributed by atoms with Gasteiger partial charge in [-0.3, -0.25) is 0 Å². The molecule has 0 aliphatic carbocycles. The van der Waals surface area contributed by atoms with Crippen molar-refractivity contribution in [3.63, 3.8) is 0 Å². The summed E-state index contributed by atoms with van der Waals surface area (Å²) in [4.78, 5) is 0. The van der Waals surface area contributed by atoms with E-state index in [0.717, 1.165) is 16.9 Å². The number of hydrogen-bond donors (Lipinski definition) is 0. The number of rotatable bonds is 4. The molecular weight excluding hydrogens is 272 g/mol. The summed E-state index contributed by atoms with van der Waals surface area (Å²) in [5.74, 6) is 9.52. The van der Waals surface area contributed by atoms with Gasteiger partial charge in [0.25, 0.3) is 0 Å². The maximum Gasteiger partial charge on any atom is 0.188 e. The minimum absolute atomic E-state index is 0.204. The number of terminal acetylenes is 1. The van der Waals surface area contributed by atoms with Crippen LogP contribution in [-0.4, -0.2) is 13.9 Å². The Labute approximate surface area is 132 Å². The second kappa shape index (κ2) is 7.93. The van der Waals surface area contributed by atoms with Gasteiger partial charge in [0.1, 0.15) is 11.7 Å². The highest BCUT2D eigenvalue weighted by atomic mass is 16.7. The zero-order valence-corrected chi connectivity index (χ0v) is 12.8. The van der Waals surface area contributed by atoms with Crippen LogP contribution in [0, 0.1) is 31.1 Å². The SMILES string of the molecule is C#CC(C#Cc1ccc(OCOC)cc1)c1ccc(C)cc1. The average Bonchev–Trinajstić information content (AvgIpc) is 2.56. The van der Waals surface area contributed by atoms with Crippen LogP contribution in [0.2, 0.25) is 0 Å². The quantitative estimate of drug-likeness (QED) is 0.631. The lowest BCUT2D eigenvalue weighted by Gasteiger charge is -2.04. The highest BCUT2D eigenvalue weighted by Crippen LogP contribution is 2.16. The monoisotopic (exact) mass is 290 g/mol. The Morgan fingerprint density at radius 2 is 1.73 bits per heavy atom. The number of ether oxygens (including phenoxy) is 2. The van der Waals surface area contributed by atoms with Gasteiger partial charge < -0.3 is 9.47 Å². The van der Waals surface area contributed by atoms with E-state index < -0.39 is 0 Å². The number of methoxy groups -OCH3 is 1. The van der Waals surface area contributed by atoms with E-state index in [1.165, 1.54) is 5.56 Å². The summed E-state index contributed by atoms with van der Waals surface area (Å²) in [6.07, 6.45) is 5.60. The molecule has 0 aromatic heterocycles. The van der Waals surface area contributed by atoms with Crippen LogP contribution < -0.4 is 4.74 Å². The largest absolute Gasteiger partial charge is 0.468 e. The molecule has 2 rings (SSSR count). The van der Waals surface area contributed by atoms with Gasteiger partial charge >= 0.3 is 0 Å². The third-order valence-electron chi connectivity index (χ3n) is 3.14. The molecule has 110 valence electrons. The zero-order chi connectivity index (χ0) is 15.8. The Balaban J connectivity index is 2.10. The van der Waals surface area contributed by atoms with Crippen molar-refractivity contribution in [2.24, 2.45) is 0 Å². The summed E-state index contributed by atoms with van der Waals surface area (Å²) in [7, 11) is 1.59. The van der Waals surface area contributed by atoms with Crippen molar-refractivity contribution < 1.29 is 9.47 Å². The highest BCUT2D eigenvalue weighted by molar-refractivity contribution is 5.43. The van der Waals surface area contributed by atoms with Crippen molar-refractivity contribution in [2.75, 3.05) is 13.9 Å². The third-order valence-corrected chi connectivity index (χ3v) is 3.14. The average molecular weight is 290 g/mol. The van der Waals surface area contributed by atoms with Crippen LogP contribution >= 0.6 is 0 Å². The standard InChI is InChI=1S/C20H18O2/c1-4-18(19-10-5-16(2)6-11-19)12-7-17-8-13-20(14-9-17)22-15-21-3/h1,5-6,8-11,13-14,18H,15H2,2-3H3. The van der Waals surface area contributed by atoms with Gasteiger partial charge in [-0.05, 0) is 36.8 Å². The van der Waals surface area contributed by atoms with Gasteiger partial charge in [-0.2, -0.15) is 0 Å². The normalized spacial score (nSPS) is 11.0. The van der Waals surface area contributed by atoms with Gasteiger partial charge in [0, 0.05) is 12.7 Å². The van der Waals surface area contributed by atoms with Crippen molar-refractivity contribution in [1.82, 2.24) is 0 Å². The Hall–Kier alpha value is -2.68. The van der Waals surface area contributed by atoms with Crippen molar-refractivity contribution in [3.05, 3.63) is 65.2 Å². The Kier molecular flexibility index (Phi) is 5.66. The van der Waals surface area contributed by atoms with Gasteiger partial charge in [0.2, 0.25) is 0 Å². The molecule has 0 N–H and O–H groups in total. The van der Waals surface area contributed by atoms with E-state index in [0.29, 0.717) is 0 Å². The van der Waals surface area contributed by atoms with E-state index in [1.54, 1.807) is 7.11 Å². The van der Waals surface area contributed by atoms with E-state index >= 15 is 0 Å². The summed E-state index contributed by atoms with van der Waals surface area (Å²) in [6.45, 7) is 2.28. The molecule has 0 saturated heterocycles. The van der Waals surface area contributed by atoms with Crippen molar-refractivity contribution in [3.8, 4) is 29.9 Å². The van der Waals surface area contributed by atoms with Crippen LogP contribution in [0.5, 0.6) is 5.75 Å². The summed E-state index contributed by atoms with van der Waals surface area (Å²) in [5, 5.41) is 0. The molecule has 2 aromatic rings. The predicted molar refractivity (Wildman–Crippen MR) is 88.6 cm³/mol. The Morgan fingerprint density at radius 1 is 1.05 bits per heavy atom. The first-order valence-corrected chi connectivity index (χ1v) is 6.99. The molecule has 0 saturated carbocycles. The molecule has 0 bridgehead atoms. The number of hydrogen-bond acceptors (Lipinski definition) is 2. The van der Waals surface area contributed by atoms with E-state index in [9.17, 15) is 0 Å². The zero-order valence-electron chi connectivity index (χ0n) is 12.8. The van der Waals surface area contributed by atoms with Crippen LogP contribution in [0.25, 0.3) is 0 Å². The summed E-state index contributed by atoms with van der Waals surface area (Å²) >= 11 is 0. The summed E-state index contributed by atoms with van der Waals surface area (Å²) < 4.78 is 10.2. The summed E-state index contributed by atoms with van der Waals surface area (Å²) in [6, 6.07) is 15.7. The fourth-order valence-corrected chi connectivity index (χ4v) is 1.90. The molecule has 2 heteroatoms. The van der Waals surface area contributed by atoms with E-state index in [4.69, 9.17) is 15.9 Å². The lowest BCUT2D eigenvalue weighted by atomic mass is 9.99. The molecule has 1 unspecified atom stereocenters. The minimum Gasteiger partial charge on any atom is -0.468 e. The van der Waals surface area contributed by atoms with Crippen molar-refractivity contribution >= 4 is 0 Å². The van der Waals surface area contributed by atoms with Gasteiger partial charge in [0.05, 0.1) is 0 Å². The smallest absolute Gasteiger partial charge is 0.188 e. The van der Waals surface area contributed by atoms with E-state index in [-0.39, 0.29) is 12.7 Å². The lowest BCUT2D eigenvalue weighted by Crippen LogP contribution is -1.98. The highest BCUT2D eigenvalue weighted by Gasteiger charge is 2.03. The Bertz CT molecular complexity index is 695. The predicted octanol–water partition coefficient (Wildman–Crippen LogP) is 3.75. The van der Waals surface area contributed by atoms with Gasteiger partial charge in [-0.15, -0.1) is 6.42 Å². The number of benzene rings is 2. The van der Waals surface area contributed by atoms with Gasteiger partial charge in [-0.25, -0.2) is 0 Å². The molecule has 0 aliphatic heterocycles. The molecule has 0 aliphatic rings. The Morgan fingerprint density at radius 3 is 2.32 bits per heavy atom. The van der Waals surface area contributed by atoms with Crippen LogP contribution in [0.1, 0.15) is 22.6 Å². The lowest BCUT2D eigenvalue weighted by molar-refractivity contribution is 0.0511. The van der Waals surface area contributed by atoms with Gasteiger partial charge in [0.15, 0.2) is 6.79 Å². The maximum absolute atomic E-state index is 5.60. The fraction of sp³-hybridized carbons (Fsp3) is 0.200. The van der Waals surface area contributed by atoms with Crippen LogP contribution in [0.15, 0.2) is 48.5 Å². The minimum atomic E-state index is -0.204. The molecule has 22 heavy (non-hydrogen) atoms. The molecule has 0 amide bonds. The molecule has 0 fully saturated rings. The maximum atomic E-state index is 5.60. The first-order valence-electron chi connectivity index (χ1n) is 6.99. The van der Waals surface area contributed by atoms with Crippen LogP contribution in [0.3, 0.4) is 0 Å². The molecule has 1 atom stereocenters. The van der Waals surface area contributed by atoms with Gasteiger partial charge in [-0.1, -0.05) is 47.6 Å². The molecule has 2 aromatic carbocycles. The second-order valence-electron chi connectivity index (χ2n) is 4.85. The second-order valence-corrected chi connectivity index (χ2v) is 4.85. The van der Waals surface area contributed by atoms with Crippen molar-refractivity contribution in [1.29, 1.82) is 0 Å².